The maximum absolute atomic E-state index is 13.4. The molecule has 1 unspecified atom stereocenters. The monoisotopic (exact) mass is 601 g/mol. The van der Waals surface area contributed by atoms with Gasteiger partial charge in [-0.2, -0.15) is 0 Å². The molecule has 0 radical (unpaired) electrons. The average Bonchev–Trinajstić information content (AvgIpc) is 2.99. The molecule has 4 aromatic rings. The number of nitrogens with one attached hydrogen (secondary N) is 3. The molecule has 0 heterocycles. The van der Waals surface area contributed by atoms with E-state index < -0.39 is 22.9 Å². The van der Waals surface area contributed by atoms with E-state index >= 15 is 0 Å². The van der Waals surface area contributed by atoms with E-state index in [2.05, 4.69) is 16.0 Å². The maximum atomic E-state index is 13.4. The van der Waals surface area contributed by atoms with Crippen LogP contribution in [0.4, 0.5) is 15.8 Å². The number of hydrogen-bond donors (Lipinski definition) is 3. The van der Waals surface area contributed by atoms with Crippen molar-refractivity contribution in [2.24, 2.45) is 0 Å². The van der Waals surface area contributed by atoms with E-state index in [0.717, 1.165) is 10.5 Å². The van der Waals surface area contributed by atoms with Gasteiger partial charge in [-0.3, -0.25) is 14.4 Å². The quantitative estimate of drug-likeness (QED) is 0.128. The lowest BCUT2D eigenvalue weighted by atomic mass is 10.1. The number of carbonyl (C=O) groups excluding carboxylic acids is 3. The molecule has 0 aliphatic heterocycles. The standard InChI is InChI=1S/C33H29ClFN3O3S/c1-3-30(33(41)37-26-17-12-21(2)28(34)20-26)42-27-11-7-10-25(19-27)36-32(40)29(18-22-13-15-24(35)16-14-22)38-31(39)23-8-5-4-6-9-23/h4-20,30H,3H2,1-2H3,(H,36,40)(H,37,41)(H,38,39)/b29-18-. The molecule has 1 atom stereocenters. The Morgan fingerprint density at radius 1 is 0.881 bits per heavy atom. The number of thioether (sulfide) groups is 1. The molecule has 0 bridgehead atoms. The van der Waals surface area contributed by atoms with Crippen LogP contribution >= 0.6 is 23.4 Å². The van der Waals surface area contributed by atoms with Crippen molar-refractivity contribution in [2.75, 3.05) is 10.6 Å². The summed E-state index contributed by atoms with van der Waals surface area (Å²) in [6.07, 6.45) is 2.05. The van der Waals surface area contributed by atoms with Crippen LogP contribution in [-0.4, -0.2) is 23.0 Å². The van der Waals surface area contributed by atoms with Gasteiger partial charge in [-0.15, -0.1) is 11.8 Å². The molecule has 3 N–H and O–H groups in total. The summed E-state index contributed by atoms with van der Waals surface area (Å²) in [5, 5.41) is 8.58. The lowest BCUT2D eigenvalue weighted by Gasteiger charge is -2.16. The maximum Gasteiger partial charge on any atom is 0.272 e. The second-order valence-corrected chi connectivity index (χ2v) is 11.1. The number of halogens is 2. The largest absolute Gasteiger partial charge is 0.325 e. The molecule has 0 aliphatic carbocycles. The average molecular weight is 602 g/mol. The van der Waals surface area contributed by atoms with Gasteiger partial charge in [-0.1, -0.05) is 61.0 Å². The third-order valence-electron chi connectivity index (χ3n) is 6.18. The van der Waals surface area contributed by atoms with E-state index in [4.69, 9.17) is 11.6 Å². The molecule has 9 heteroatoms. The fourth-order valence-corrected chi connectivity index (χ4v) is 5.09. The number of rotatable bonds is 10. The van der Waals surface area contributed by atoms with Crippen LogP contribution < -0.4 is 16.0 Å². The van der Waals surface area contributed by atoms with E-state index in [-0.39, 0.29) is 11.6 Å². The number of aryl methyl sites for hydroxylation is 1. The molecule has 0 spiro atoms. The normalized spacial score (nSPS) is 11.9. The number of benzene rings is 4. The zero-order valence-corrected chi connectivity index (χ0v) is 24.6. The van der Waals surface area contributed by atoms with Gasteiger partial charge >= 0.3 is 0 Å². The van der Waals surface area contributed by atoms with Gasteiger partial charge in [0.2, 0.25) is 5.91 Å². The van der Waals surface area contributed by atoms with Crippen LogP contribution in [-0.2, 0) is 9.59 Å². The molecule has 42 heavy (non-hydrogen) atoms. The topological polar surface area (TPSA) is 87.3 Å². The van der Waals surface area contributed by atoms with Crippen molar-refractivity contribution >= 4 is 58.5 Å². The molecule has 214 valence electrons. The predicted molar refractivity (Wildman–Crippen MR) is 168 cm³/mol. The molecule has 3 amide bonds. The molecule has 0 fully saturated rings. The third-order valence-corrected chi connectivity index (χ3v) is 7.95. The molecular weight excluding hydrogens is 573 g/mol. The first kappa shape index (κ1) is 30.6. The molecule has 0 saturated carbocycles. The van der Waals surface area contributed by atoms with Crippen LogP contribution in [0.2, 0.25) is 5.02 Å². The second-order valence-electron chi connectivity index (χ2n) is 9.38. The lowest BCUT2D eigenvalue weighted by molar-refractivity contribution is -0.116. The minimum absolute atomic E-state index is 0.0175. The zero-order chi connectivity index (χ0) is 30.1. The molecule has 4 aromatic carbocycles. The fourth-order valence-electron chi connectivity index (χ4n) is 3.89. The van der Waals surface area contributed by atoms with Crippen LogP contribution in [0, 0.1) is 12.7 Å². The van der Waals surface area contributed by atoms with Crippen molar-refractivity contribution in [1.29, 1.82) is 0 Å². The molecular formula is C33H29ClFN3O3S. The van der Waals surface area contributed by atoms with Crippen molar-refractivity contribution in [2.45, 2.75) is 30.4 Å². The first-order valence-electron chi connectivity index (χ1n) is 13.2. The first-order chi connectivity index (χ1) is 20.2. The molecule has 0 aliphatic rings. The van der Waals surface area contributed by atoms with Gasteiger partial charge < -0.3 is 16.0 Å². The highest BCUT2D eigenvalue weighted by atomic mass is 35.5. The minimum Gasteiger partial charge on any atom is -0.325 e. The number of carbonyl (C=O) groups is 3. The highest BCUT2D eigenvalue weighted by Gasteiger charge is 2.20. The predicted octanol–water partition coefficient (Wildman–Crippen LogP) is 7.71. The van der Waals surface area contributed by atoms with Crippen LogP contribution in [0.25, 0.3) is 6.08 Å². The lowest BCUT2D eigenvalue weighted by Crippen LogP contribution is -2.30. The van der Waals surface area contributed by atoms with E-state index in [1.54, 1.807) is 60.7 Å². The molecule has 0 aromatic heterocycles. The van der Waals surface area contributed by atoms with Crippen LogP contribution in [0.5, 0.6) is 0 Å². The Morgan fingerprint density at radius 3 is 2.29 bits per heavy atom. The van der Waals surface area contributed by atoms with Crippen molar-refractivity contribution < 1.29 is 18.8 Å². The highest BCUT2D eigenvalue weighted by Crippen LogP contribution is 2.29. The highest BCUT2D eigenvalue weighted by molar-refractivity contribution is 8.00. The van der Waals surface area contributed by atoms with Crippen molar-refractivity contribution in [3.63, 3.8) is 0 Å². The van der Waals surface area contributed by atoms with E-state index in [1.807, 2.05) is 26.0 Å². The number of anilines is 2. The van der Waals surface area contributed by atoms with Gasteiger partial charge in [0.1, 0.15) is 11.5 Å². The van der Waals surface area contributed by atoms with Crippen molar-refractivity contribution in [3.8, 4) is 0 Å². The summed E-state index contributed by atoms with van der Waals surface area (Å²) in [4.78, 5) is 40.0. The summed E-state index contributed by atoms with van der Waals surface area (Å²) in [7, 11) is 0. The Hall–Kier alpha value is -4.40. The first-order valence-corrected chi connectivity index (χ1v) is 14.5. The summed E-state index contributed by atoms with van der Waals surface area (Å²) >= 11 is 7.57. The van der Waals surface area contributed by atoms with E-state index in [9.17, 15) is 18.8 Å². The Labute approximate surface area is 253 Å². The van der Waals surface area contributed by atoms with Crippen molar-refractivity contribution in [3.05, 3.63) is 130 Å². The Kier molecular flexibility index (Phi) is 10.5. The Bertz CT molecular complexity index is 1610. The van der Waals surface area contributed by atoms with Gasteiger partial charge in [0.15, 0.2) is 0 Å². The molecule has 0 saturated heterocycles. The van der Waals surface area contributed by atoms with E-state index in [0.29, 0.717) is 33.9 Å². The van der Waals surface area contributed by atoms with Crippen LogP contribution in [0.15, 0.2) is 108 Å². The second kappa shape index (κ2) is 14.5. The molecule has 6 nitrogen and oxygen atoms in total. The van der Waals surface area contributed by atoms with Crippen molar-refractivity contribution in [1.82, 2.24) is 5.32 Å². The summed E-state index contributed by atoms with van der Waals surface area (Å²) in [6, 6.07) is 26.5. The van der Waals surface area contributed by atoms with Gasteiger partial charge in [0.05, 0.1) is 5.25 Å². The minimum atomic E-state index is -0.563. The third kappa shape index (κ3) is 8.55. The van der Waals surface area contributed by atoms with Crippen LogP contribution in [0.3, 0.4) is 0 Å². The summed E-state index contributed by atoms with van der Waals surface area (Å²) in [5.41, 5.74) is 2.91. The van der Waals surface area contributed by atoms with Gasteiger partial charge in [0, 0.05) is 26.9 Å². The summed E-state index contributed by atoms with van der Waals surface area (Å²) < 4.78 is 13.4. The fraction of sp³-hybridized carbons (Fsp3) is 0.121. The number of amides is 3. The van der Waals surface area contributed by atoms with E-state index in [1.165, 1.54) is 42.1 Å². The Balaban J connectivity index is 1.49. The van der Waals surface area contributed by atoms with Gasteiger partial charge in [0.25, 0.3) is 11.8 Å². The Morgan fingerprint density at radius 2 is 1.60 bits per heavy atom. The van der Waals surface area contributed by atoms with Gasteiger partial charge in [-0.05, 0) is 85.1 Å². The van der Waals surface area contributed by atoms with Crippen LogP contribution in [0.1, 0.15) is 34.8 Å². The zero-order valence-electron chi connectivity index (χ0n) is 23.0. The van der Waals surface area contributed by atoms with Gasteiger partial charge in [-0.25, -0.2) is 4.39 Å². The SMILES string of the molecule is CCC(Sc1cccc(NC(=O)/C(=C/c2ccc(F)cc2)NC(=O)c2ccccc2)c1)C(=O)Nc1ccc(C)c(Cl)c1. The number of hydrogen-bond acceptors (Lipinski definition) is 4. The molecule has 4 rings (SSSR count). The summed E-state index contributed by atoms with van der Waals surface area (Å²) in [6.45, 7) is 3.82. The summed E-state index contributed by atoms with van der Waals surface area (Å²) in [5.74, 6) is -1.60. The smallest absolute Gasteiger partial charge is 0.272 e.